The molecule has 17 heavy (non-hydrogen) atoms. The van der Waals surface area contributed by atoms with Crippen LogP contribution in [-0.4, -0.2) is 57.3 Å². The molecule has 0 radical (unpaired) electrons. The molecule has 5 heteroatoms. The third-order valence-corrected chi connectivity index (χ3v) is 3.43. The van der Waals surface area contributed by atoms with Crippen molar-refractivity contribution in [2.45, 2.75) is 32.2 Å². The minimum absolute atomic E-state index is 0.362. The van der Waals surface area contributed by atoms with E-state index >= 15 is 0 Å². The van der Waals surface area contributed by atoms with Crippen LogP contribution in [0.5, 0.6) is 0 Å². The molecule has 1 aliphatic rings. The number of nitrogens with zero attached hydrogens (tertiary/aromatic N) is 1. The summed E-state index contributed by atoms with van der Waals surface area (Å²) >= 11 is 0. The molecule has 102 valence electrons. The average molecular weight is 250 g/mol. The summed E-state index contributed by atoms with van der Waals surface area (Å²) in [6.07, 6.45) is 0.0618. The highest BCUT2D eigenvalue weighted by Gasteiger charge is 2.21. The van der Waals surface area contributed by atoms with Gasteiger partial charge >= 0.3 is 0 Å². The number of hydrogen-bond donors (Lipinski definition) is 1. The number of halogens is 2. The first-order valence-electron chi connectivity index (χ1n) is 6.37. The predicted octanol–water partition coefficient (Wildman–Crippen LogP) is 1.59. The second-order valence-electron chi connectivity index (χ2n) is 4.85. The van der Waals surface area contributed by atoms with E-state index in [1.165, 1.54) is 12.8 Å². The Bertz CT molecular complexity index is 197. The topological polar surface area (TPSA) is 24.5 Å². The Labute approximate surface area is 103 Å². The molecule has 1 heterocycles. The van der Waals surface area contributed by atoms with Crippen LogP contribution in [0.25, 0.3) is 0 Å². The van der Waals surface area contributed by atoms with Crippen LogP contribution in [0.3, 0.4) is 0 Å². The fraction of sp³-hybridized carbons (Fsp3) is 1.00. The molecule has 0 aromatic carbocycles. The van der Waals surface area contributed by atoms with Gasteiger partial charge in [0.15, 0.2) is 0 Å². The van der Waals surface area contributed by atoms with Gasteiger partial charge in [0.2, 0.25) is 0 Å². The summed E-state index contributed by atoms with van der Waals surface area (Å²) in [5.74, 6) is 0.696. The summed E-state index contributed by atoms with van der Waals surface area (Å²) in [6, 6.07) is 0.443. The first kappa shape index (κ1) is 14.8. The van der Waals surface area contributed by atoms with Crippen LogP contribution in [0.15, 0.2) is 0 Å². The van der Waals surface area contributed by atoms with Crippen LogP contribution < -0.4 is 5.32 Å². The second-order valence-corrected chi connectivity index (χ2v) is 4.85. The molecule has 0 aromatic heterocycles. The maximum Gasteiger partial charge on any atom is 0.261 e. The Kier molecular flexibility index (Phi) is 6.92. The van der Waals surface area contributed by atoms with Crippen molar-refractivity contribution in [1.82, 2.24) is 10.2 Å². The number of piperidine rings is 1. The molecule has 0 bridgehead atoms. The molecule has 1 rings (SSSR count). The molecule has 0 aliphatic carbocycles. The zero-order chi connectivity index (χ0) is 12.7. The van der Waals surface area contributed by atoms with Crippen molar-refractivity contribution in [2.24, 2.45) is 5.92 Å². The monoisotopic (exact) mass is 250 g/mol. The van der Waals surface area contributed by atoms with E-state index in [2.05, 4.69) is 24.2 Å². The van der Waals surface area contributed by atoms with E-state index < -0.39 is 13.0 Å². The van der Waals surface area contributed by atoms with Crippen LogP contribution in [0, 0.1) is 5.92 Å². The Morgan fingerprint density at radius 3 is 2.59 bits per heavy atom. The number of alkyl halides is 2. The summed E-state index contributed by atoms with van der Waals surface area (Å²) in [7, 11) is 2.15. The van der Waals surface area contributed by atoms with Crippen LogP contribution in [0.1, 0.15) is 19.8 Å². The van der Waals surface area contributed by atoms with Crippen molar-refractivity contribution in [1.29, 1.82) is 0 Å². The van der Waals surface area contributed by atoms with Gasteiger partial charge in [0.1, 0.15) is 6.61 Å². The van der Waals surface area contributed by atoms with Gasteiger partial charge in [0.05, 0.1) is 6.61 Å². The first-order valence-corrected chi connectivity index (χ1v) is 6.37. The Morgan fingerprint density at radius 2 is 2.00 bits per heavy atom. The second kappa shape index (κ2) is 7.95. The van der Waals surface area contributed by atoms with Gasteiger partial charge in [-0.05, 0) is 45.8 Å². The number of rotatable bonds is 7. The van der Waals surface area contributed by atoms with E-state index in [1.54, 1.807) is 0 Å². The van der Waals surface area contributed by atoms with Crippen molar-refractivity contribution in [3.05, 3.63) is 0 Å². The van der Waals surface area contributed by atoms with Crippen molar-refractivity contribution in [2.75, 3.05) is 39.9 Å². The third kappa shape index (κ3) is 6.29. The summed E-state index contributed by atoms with van der Waals surface area (Å²) < 4.78 is 28.4. The lowest BCUT2D eigenvalue weighted by molar-refractivity contribution is 0.0176. The van der Waals surface area contributed by atoms with Crippen LogP contribution in [0.2, 0.25) is 0 Å². The number of nitrogens with one attached hydrogen (secondary N) is 1. The van der Waals surface area contributed by atoms with Crippen molar-refractivity contribution in [3.63, 3.8) is 0 Å². The highest BCUT2D eigenvalue weighted by atomic mass is 19.3. The lowest BCUT2D eigenvalue weighted by Crippen LogP contribution is -2.41. The Hall–Kier alpha value is -0.260. The largest absolute Gasteiger partial charge is 0.374 e. The van der Waals surface area contributed by atoms with Crippen LogP contribution >= 0.6 is 0 Å². The summed E-state index contributed by atoms with van der Waals surface area (Å²) in [5, 5.41) is 3.35. The Balaban J connectivity index is 2.02. The first-order chi connectivity index (χ1) is 8.09. The van der Waals surface area contributed by atoms with Gasteiger partial charge in [0.25, 0.3) is 6.43 Å². The van der Waals surface area contributed by atoms with Crippen molar-refractivity contribution in [3.8, 4) is 0 Å². The third-order valence-electron chi connectivity index (χ3n) is 3.43. The van der Waals surface area contributed by atoms with E-state index in [0.29, 0.717) is 25.1 Å². The van der Waals surface area contributed by atoms with Crippen molar-refractivity contribution >= 4 is 0 Å². The van der Waals surface area contributed by atoms with Gasteiger partial charge in [0, 0.05) is 12.6 Å². The molecule has 0 spiro atoms. The van der Waals surface area contributed by atoms with E-state index in [1.807, 2.05) is 0 Å². The molecular formula is C12H24F2N2O. The van der Waals surface area contributed by atoms with Gasteiger partial charge in [-0.25, -0.2) is 8.78 Å². The fourth-order valence-corrected chi connectivity index (χ4v) is 2.23. The molecule has 0 aromatic rings. The summed E-state index contributed by atoms with van der Waals surface area (Å²) in [4.78, 5) is 2.34. The van der Waals surface area contributed by atoms with Crippen LogP contribution in [-0.2, 0) is 4.74 Å². The lowest BCUT2D eigenvalue weighted by atomic mass is 9.90. The van der Waals surface area contributed by atoms with Gasteiger partial charge in [-0.1, -0.05) is 0 Å². The molecule has 0 saturated carbocycles. The summed E-state index contributed by atoms with van der Waals surface area (Å²) in [6.45, 7) is 5.03. The number of hydrogen-bond acceptors (Lipinski definition) is 3. The van der Waals surface area contributed by atoms with Gasteiger partial charge in [-0.2, -0.15) is 0 Å². The van der Waals surface area contributed by atoms with Gasteiger partial charge in [-0.3, -0.25) is 0 Å². The molecule has 1 atom stereocenters. The fourth-order valence-electron chi connectivity index (χ4n) is 2.23. The van der Waals surface area contributed by atoms with E-state index in [-0.39, 0.29) is 0 Å². The number of likely N-dealkylation sites (tertiary alicyclic amines) is 1. The van der Waals surface area contributed by atoms with E-state index in [4.69, 9.17) is 4.74 Å². The normalized spacial score (nSPS) is 21.0. The Morgan fingerprint density at radius 1 is 1.35 bits per heavy atom. The van der Waals surface area contributed by atoms with Gasteiger partial charge in [-0.15, -0.1) is 0 Å². The SMILES string of the molecule is CC(NCCOCC(F)F)C1CCN(C)CC1. The highest BCUT2D eigenvalue weighted by Crippen LogP contribution is 2.19. The van der Waals surface area contributed by atoms with Gasteiger partial charge < -0.3 is 15.0 Å². The zero-order valence-corrected chi connectivity index (χ0v) is 10.8. The lowest BCUT2D eigenvalue weighted by Gasteiger charge is -2.33. The van der Waals surface area contributed by atoms with Crippen molar-refractivity contribution < 1.29 is 13.5 Å². The molecule has 1 aliphatic heterocycles. The molecule has 1 saturated heterocycles. The molecule has 1 N–H and O–H groups in total. The minimum atomic E-state index is -2.36. The minimum Gasteiger partial charge on any atom is -0.374 e. The maximum atomic E-state index is 11.8. The summed E-state index contributed by atoms with van der Waals surface area (Å²) in [5.41, 5.74) is 0. The van der Waals surface area contributed by atoms with E-state index in [9.17, 15) is 8.78 Å². The smallest absolute Gasteiger partial charge is 0.261 e. The maximum absolute atomic E-state index is 11.8. The highest BCUT2D eigenvalue weighted by molar-refractivity contribution is 4.78. The molecule has 3 nitrogen and oxygen atoms in total. The quantitative estimate of drug-likeness (QED) is 0.694. The number of ether oxygens (including phenoxy) is 1. The van der Waals surface area contributed by atoms with Crippen LogP contribution in [0.4, 0.5) is 8.78 Å². The van der Waals surface area contributed by atoms with E-state index in [0.717, 1.165) is 13.1 Å². The molecule has 1 unspecified atom stereocenters. The zero-order valence-electron chi connectivity index (χ0n) is 10.8. The molecule has 1 fully saturated rings. The molecule has 0 amide bonds. The standard InChI is InChI=1S/C12H24F2N2O/c1-10(11-3-6-16(2)7-4-11)15-5-8-17-9-12(13)14/h10-12,15H,3-9H2,1-2H3. The molecular weight excluding hydrogens is 226 g/mol. The predicted molar refractivity (Wildman–Crippen MR) is 64.5 cm³/mol. The average Bonchev–Trinajstić information content (AvgIpc) is 2.29.